The van der Waals surface area contributed by atoms with Gasteiger partial charge in [-0.25, -0.2) is 0 Å². The van der Waals surface area contributed by atoms with Gasteiger partial charge in [0, 0.05) is 39.2 Å². The van der Waals surface area contributed by atoms with Crippen molar-refractivity contribution in [2.45, 2.75) is 19.3 Å². The van der Waals surface area contributed by atoms with Gasteiger partial charge in [0.1, 0.15) is 0 Å². The van der Waals surface area contributed by atoms with Crippen molar-refractivity contribution >= 4 is 44.9 Å². The smallest absolute Gasteiger partial charge is 0.0540 e. The van der Waals surface area contributed by atoms with Crippen molar-refractivity contribution in [3.05, 3.63) is 278 Å². The summed E-state index contributed by atoms with van der Waals surface area (Å²) in [4.78, 5) is 4.82. The Bertz CT molecular complexity index is 3530. The molecule has 0 aliphatic heterocycles. The number of hydrogen-bond acceptors (Lipinski definition) is 2. The van der Waals surface area contributed by atoms with Crippen molar-refractivity contribution in [1.82, 2.24) is 0 Å². The summed E-state index contributed by atoms with van der Waals surface area (Å²) >= 11 is 0. The fourth-order valence-electron chi connectivity index (χ4n) is 10.5. The maximum Gasteiger partial charge on any atom is 0.0540 e. The van der Waals surface area contributed by atoms with E-state index in [2.05, 4.69) is 291 Å². The summed E-state index contributed by atoms with van der Waals surface area (Å²) in [6.07, 6.45) is 0. The summed E-state index contributed by atoms with van der Waals surface area (Å²) in [5.41, 5.74) is 21.4. The van der Waals surface area contributed by atoms with Crippen LogP contribution in [0, 0.1) is 0 Å². The average molecular weight is 883 g/mol. The molecule has 2 nitrogen and oxygen atoms in total. The summed E-state index contributed by atoms with van der Waals surface area (Å²) < 4.78 is 0. The van der Waals surface area contributed by atoms with Gasteiger partial charge in [-0.1, -0.05) is 208 Å². The van der Waals surface area contributed by atoms with Crippen LogP contribution in [-0.4, -0.2) is 0 Å². The highest BCUT2D eigenvalue weighted by Gasteiger charge is 2.35. The summed E-state index contributed by atoms with van der Waals surface area (Å²) in [6, 6.07) is 97.3. The van der Waals surface area contributed by atoms with E-state index in [1.54, 1.807) is 0 Å². The van der Waals surface area contributed by atoms with Crippen LogP contribution in [0.1, 0.15) is 25.0 Å². The van der Waals surface area contributed by atoms with Gasteiger partial charge in [-0.05, 0) is 145 Å². The van der Waals surface area contributed by atoms with Gasteiger partial charge in [-0.15, -0.1) is 0 Å². The zero-order chi connectivity index (χ0) is 46.3. The van der Waals surface area contributed by atoms with Crippen LogP contribution in [-0.2, 0) is 5.41 Å². The first kappa shape index (κ1) is 41.7. The first-order valence-electron chi connectivity index (χ1n) is 23.9. The Balaban J connectivity index is 0.932. The lowest BCUT2D eigenvalue weighted by Gasteiger charge is -2.29. The number of nitrogens with zero attached hydrogens (tertiary/aromatic N) is 2. The van der Waals surface area contributed by atoms with Crippen molar-refractivity contribution in [2.75, 3.05) is 9.80 Å². The maximum atomic E-state index is 2.42. The van der Waals surface area contributed by atoms with E-state index in [1.807, 2.05) is 0 Å². The molecule has 0 saturated heterocycles. The molecule has 2 heteroatoms. The highest BCUT2D eigenvalue weighted by atomic mass is 15.1. The Labute approximate surface area is 405 Å². The lowest BCUT2D eigenvalue weighted by molar-refractivity contribution is 0.660. The van der Waals surface area contributed by atoms with Crippen LogP contribution >= 0.6 is 0 Å². The Kier molecular flexibility index (Phi) is 10.6. The normalized spacial score (nSPS) is 12.3. The van der Waals surface area contributed by atoms with E-state index in [0.717, 1.165) is 45.3 Å². The van der Waals surface area contributed by atoms with E-state index in [0.29, 0.717) is 0 Å². The molecule has 12 rings (SSSR count). The Morgan fingerprint density at radius 2 is 0.681 bits per heavy atom. The van der Waals surface area contributed by atoms with Crippen LogP contribution in [0.4, 0.5) is 34.1 Å². The van der Waals surface area contributed by atoms with Crippen LogP contribution in [0.3, 0.4) is 0 Å². The summed E-state index contributed by atoms with van der Waals surface area (Å²) in [7, 11) is 0. The largest absolute Gasteiger partial charge is 0.310 e. The van der Waals surface area contributed by atoms with Crippen LogP contribution in [0.15, 0.2) is 267 Å². The molecule has 11 aromatic carbocycles. The minimum atomic E-state index is -0.112. The SMILES string of the molecule is CC1(C)c2ccccc2-c2ccc(N(c3ccc(-c4ccccc4)cc3)c3ccc(-c4ccc(N(c5cc(-c6ccccc6)cc(-c6ccccc6)c5)c5cccc6ccccc56)cc4)cc3)cc21. The van der Waals surface area contributed by atoms with Crippen molar-refractivity contribution in [2.24, 2.45) is 0 Å². The molecule has 69 heavy (non-hydrogen) atoms. The Hall–Kier alpha value is -8.72. The molecule has 0 bridgehead atoms. The van der Waals surface area contributed by atoms with Gasteiger partial charge in [0.2, 0.25) is 0 Å². The summed E-state index contributed by atoms with van der Waals surface area (Å²) in [6.45, 7) is 4.71. The maximum absolute atomic E-state index is 2.42. The zero-order valence-corrected chi connectivity index (χ0v) is 38.8. The topological polar surface area (TPSA) is 6.48 Å². The summed E-state index contributed by atoms with van der Waals surface area (Å²) in [5, 5.41) is 2.40. The van der Waals surface area contributed by atoms with Crippen molar-refractivity contribution < 1.29 is 0 Å². The standard InChI is InChI=1S/C67H50N2/c1-67(2)64-27-15-14-26-62(64)63-42-41-59(46-65(63)67)68(56-35-29-50(30-36-56)47-17-6-3-7-18-47)57-37-31-51(32-38-57)52-33-39-58(40-34-52)69(66-28-16-24-53-23-12-13-25-61(53)66)60-44-54(48-19-8-4-9-20-48)43-55(45-60)49-21-10-5-11-22-49/h3-46H,1-2H3. The van der Waals surface area contributed by atoms with Crippen LogP contribution in [0.2, 0.25) is 0 Å². The van der Waals surface area contributed by atoms with Gasteiger partial charge in [0.05, 0.1) is 5.69 Å². The van der Waals surface area contributed by atoms with E-state index in [9.17, 15) is 0 Å². The van der Waals surface area contributed by atoms with E-state index in [4.69, 9.17) is 0 Å². The second-order valence-electron chi connectivity index (χ2n) is 18.6. The molecule has 1 aliphatic rings. The quantitative estimate of drug-likeness (QED) is 0.135. The fourth-order valence-corrected chi connectivity index (χ4v) is 10.5. The monoisotopic (exact) mass is 882 g/mol. The molecular formula is C67H50N2. The molecule has 0 unspecified atom stereocenters. The number of rotatable bonds is 10. The first-order valence-corrected chi connectivity index (χ1v) is 23.9. The van der Waals surface area contributed by atoms with Gasteiger partial charge < -0.3 is 9.80 Å². The van der Waals surface area contributed by atoms with Crippen LogP contribution < -0.4 is 9.80 Å². The predicted octanol–water partition coefficient (Wildman–Crippen LogP) is 18.8. The lowest BCUT2D eigenvalue weighted by Crippen LogP contribution is -2.16. The van der Waals surface area contributed by atoms with Gasteiger partial charge >= 0.3 is 0 Å². The minimum absolute atomic E-state index is 0.112. The van der Waals surface area contributed by atoms with Gasteiger partial charge in [-0.3, -0.25) is 0 Å². The molecule has 0 amide bonds. The highest BCUT2D eigenvalue weighted by Crippen LogP contribution is 2.51. The van der Waals surface area contributed by atoms with Gasteiger partial charge in [0.25, 0.3) is 0 Å². The third-order valence-corrected chi connectivity index (χ3v) is 14.0. The molecule has 0 atom stereocenters. The van der Waals surface area contributed by atoms with Crippen molar-refractivity contribution in [3.8, 4) is 55.6 Å². The average Bonchev–Trinajstić information content (AvgIpc) is 3.65. The van der Waals surface area contributed by atoms with Gasteiger partial charge in [0.15, 0.2) is 0 Å². The molecule has 1 aliphatic carbocycles. The second-order valence-corrected chi connectivity index (χ2v) is 18.6. The number of anilines is 6. The molecule has 0 spiro atoms. The number of benzene rings is 11. The molecule has 11 aromatic rings. The van der Waals surface area contributed by atoms with E-state index >= 15 is 0 Å². The molecule has 0 heterocycles. The van der Waals surface area contributed by atoms with E-state index in [-0.39, 0.29) is 5.41 Å². The molecular weight excluding hydrogens is 833 g/mol. The van der Waals surface area contributed by atoms with E-state index < -0.39 is 0 Å². The molecule has 0 radical (unpaired) electrons. The predicted molar refractivity (Wildman–Crippen MR) is 293 cm³/mol. The number of hydrogen-bond donors (Lipinski definition) is 0. The molecule has 0 N–H and O–H groups in total. The zero-order valence-electron chi connectivity index (χ0n) is 38.8. The second kappa shape index (κ2) is 17.5. The van der Waals surface area contributed by atoms with E-state index in [1.165, 1.54) is 66.4 Å². The summed E-state index contributed by atoms with van der Waals surface area (Å²) in [5.74, 6) is 0. The van der Waals surface area contributed by atoms with Crippen molar-refractivity contribution in [1.29, 1.82) is 0 Å². The fraction of sp³-hybridized carbons (Fsp3) is 0.0448. The Morgan fingerprint density at radius 3 is 1.25 bits per heavy atom. The first-order chi connectivity index (χ1) is 34.0. The van der Waals surface area contributed by atoms with Gasteiger partial charge in [-0.2, -0.15) is 0 Å². The third kappa shape index (κ3) is 7.76. The highest BCUT2D eigenvalue weighted by molar-refractivity contribution is 6.00. The molecule has 328 valence electrons. The molecule has 0 aromatic heterocycles. The molecule has 0 fully saturated rings. The third-order valence-electron chi connectivity index (χ3n) is 14.0. The minimum Gasteiger partial charge on any atom is -0.310 e. The van der Waals surface area contributed by atoms with Crippen molar-refractivity contribution in [3.63, 3.8) is 0 Å². The molecule has 0 saturated carbocycles. The van der Waals surface area contributed by atoms with Crippen LogP contribution in [0.5, 0.6) is 0 Å². The Morgan fingerprint density at radius 1 is 0.261 bits per heavy atom. The van der Waals surface area contributed by atoms with Crippen LogP contribution in [0.25, 0.3) is 66.4 Å². The lowest BCUT2D eigenvalue weighted by atomic mass is 9.82. The number of fused-ring (bicyclic) bond motifs is 4.